The summed E-state index contributed by atoms with van der Waals surface area (Å²) in [7, 11) is 1.80. The predicted molar refractivity (Wildman–Crippen MR) is 120 cm³/mol. The van der Waals surface area contributed by atoms with Crippen molar-refractivity contribution >= 4 is 28.2 Å². The van der Waals surface area contributed by atoms with Gasteiger partial charge in [-0.2, -0.15) is 0 Å². The molecule has 0 amide bonds. The highest BCUT2D eigenvalue weighted by molar-refractivity contribution is 5.85. The van der Waals surface area contributed by atoms with Gasteiger partial charge >= 0.3 is 0 Å². The van der Waals surface area contributed by atoms with E-state index in [2.05, 4.69) is 25.6 Å². The van der Waals surface area contributed by atoms with Crippen molar-refractivity contribution in [2.75, 3.05) is 17.7 Å². The Bertz CT molecular complexity index is 1280. The monoisotopic (exact) mass is 438 g/mol. The second-order valence-electron chi connectivity index (χ2n) is 7.39. The molecule has 4 N–H and O–H groups in total. The second-order valence-corrected chi connectivity index (χ2v) is 7.39. The van der Waals surface area contributed by atoms with Crippen LogP contribution in [0.15, 0.2) is 61.1 Å². The maximum atomic E-state index is 14.1. The van der Waals surface area contributed by atoms with E-state index in [-0.39, 0.29) is 11.4 Å². The molecule has 3 aromatic heterocycles. The Morgan fingerprint density at radius 1 is 0.969 bits per heavy atom. The molecular formula is C23H21F3N6. The molecule has 9 heteroatoms. The van der Waals surface area contributed by atoms with Crippen molar-refractivity contribution in [1.29, 1.82) is 0 Å². The number of benzene rings is 1. The van der Waals surface area contributed by atoms with E-state index in [4.69, 9.17) is 5.73 Å². The van der Waals surface area contributed by atoms with E-state index in [0.717, 1.165) is 39.5 Å². The smallest absolute Gasteiger partial charge is 0.289 e. The molecule has 0 aliphatic carbocycles. The molecule has 0 bridgehead atoms. The van der Waals surface area contributed by atoms with Gasteiger partial charge in [-0.05, 0) is 48.4 Å². The number of alkyl halides is 3. The summed E-state index contributed by atoms with van der Waals surface area (Å²) in [5, 5.41) is 6.90. The third-order valence-corrected chi connectivity index (χ3v) is 5.16. The zero-order chi connectivity index (χ0) is 22.9. The van der Waals surface area contributed by atoms with E-state index in [1.807, 2.05) is 37.3 Å². The van der Waals surface area contributed by atoms with Crippen molar-refractivity contribution in [1.82, 2.24) is 15.0 Å². The number of nitrogens with two attached hydrogens (primary N) is 1. The van der Waals surface area contributed by atoms with Crippen LogP contribution in [0.4, 0.5) is 30.5 Å². The lowest BCUT2D eigenvalue weighted by Gasteiger charge is -2.20. The Balaban J connectivity index is 1.66. The van der Waals surface area contributed by atoms with E-state index in [9.17, 15) is 13.2 Å². The van der Waals surface area contributed by atoms with Crippen LogP contribution in [0.2, 0.25) is 0 Å². The Morgan fingerprint density at radius 2 is 1.78 bits per heavy atom. The van der Waals surface area contributed by atoms with Crippen molar-refractivity contribution in [2.45, 2.75) is 19.1 Å². The normalized spacial score (nSPS) is 13.2. The minimum atomic E-state index is -3.36. The first-order chi connectivity index (χ1) is 15.3. The number of anilines is 3. The molecule has 0 aliphatic heterocycles. The number of pyridine rings is 3. The average Bonchev–Trinajstić information content (AvgIpc) is 2.79. The highest BCUT2D eigenvalue weighted by Gasteiger charge is 2.38. The zero-order valence-corrected chi connectivity index (χ0v) is 17.4. The Morgan fingerprint density at radius 3 is 2.53 bits per heavy atom. The summed E-state index contributed by atoms with van der Waals surface area (Å²) in [6.45, 7) is 1.97. The Hall–Kier alpha value is -3.72. The van der Waals surface area contributed by atoms with E-state index < -0.39 is 12.2 Å². The lowest BCUT2D eigenvalue weighted by Crippen LogP contribution is -2.39. The number of aromatic nitrogens is 3. The topological polar surface area (TPSA) is 88.8 Å². The van der Waals surface area contributed by atoms with Crippen molar-refractivity contribution in [3.05, 3.63) is 72.2 Å². The number of hydrogen-bond acceptors (Lipinski definition) is 6. The van der Waals surface area contributed by atoms with Gasteiger partial charge in [0.15, 0.2) is 0 Å². The number of aryl methyl sites for hydroxylation is 1. The molecule has 0 fully saturated rings. The molecule has 4 rings (SSSR count). The number of nitrogens with zero attached hydrogens (tertiary/aromatic N) is 3. The van der Waals surface area contributed by atoms with Crippen LogP contribution in [0.25, 0.3) is 22.0 Å². The van der Waals surface area contributed by atoms with Gasteiger partial charge in [0.1, 0.15) is 11.6 Å². The third kappa shape index (κ3) is 4.19. The molecule has 4 aromatic rings. The zero-order valence-electron chi connectivity index (χ0n) is 17.4. The molecule has 6 nitrogen and oxygen atoms in total. The van der Waals surface area contributed by atoms with Crippen molar-refractivity contribution in [3.8, 4) is 11.1 Å². The predicted octanol–water partition coefficient (Wildman–Crippen LogP) is 5.13. The largest absolute Gasteiger partial charge is 0.373 e. The van der Waals surface area contributed by atoms with Crippen LogP contribution in [0.1, 0.15) is 11.1 Å². The van der Waals surface area contributed by atoms with E-state index in [1.165, 1.54) is 12.3 Å². The van der Waals surface area contributed by atoms with Crippen molar-refractivity contribution in [2.24, 2.45) is 5.73 Å². The second kappa shape index (κ2) is 8.43. The molecule has 0 radical (unpaired) electrons. The molecule has 0 aliphatic rings. The van der Waals surface area contributed by atoms with Crippen LogP contribution < -0.4 is 16.4 Å². The van der Waals surface area contributed by atoms with E-state index >= 15 is 0 Å². The molecule has 164 valence electrons. The van der Waals surface area contributed by atoms with Gasteiger partial charge in [0, 0.05) is 53.9 Å². The summed E-state index contributed by atoms with van der Waals surface area (Å²) in [4.78, 5) is 13.0. The number of halogens is 3. The van der Waals surface area contributed by atoms with Gasteiger partial charge in [-0.3, -0.25) is 10.7 Å². The van der Waals surface area contributed by atoms with Crippen LogP contribution in [0.5, 0.6) is 0 Å². The minimum Gasteiger partial charge on any atom is -0.373 e. The van der Waals surface area contributed by atoms with Gasteiger partial charge in [-0.15, -0.1) is 0 Å². The minimum absolute atomic E-state index is 0.200. The molecule has 1 atom stereocenters. The van der Waals surface area contributed by atoms with Crippen LogP contribution in [-0.2, 0) is 5.79 Å². The van der Waals surface area contributed by atoms with Gasteiger partial charge in [0.2, 0.25) is 5.79 Å². The van der Waals surface area contributed by atoms with E-state index in [0.29, 0.717) is 5.69 Å². The highest BCUT2D eigenvalue weighted by atomic mass is 19.3. The standard InChI is InChI=1S/C23H21F3N6/c1-13-3-4-17(32-21-8-16(5-6-29-21)23(26,27)22(24)25)9-18(13)14-7-15-12-31-20(28-2)10-19(15)30-11-14/h3-12,22H,27H2,1-2H3,(H,28,31)(H,29,32). The van der Waals surface area contributed by atoms with Crippen molar-refractivity contribution < 1.29 is 13.2 Å². The van der Waals surface area contributed by atoms with Crippen molar-refractivity contribution in [3.63, 3.8) is 0 Å². The molecule has 0 saturated carbocycles. The van der Waals surface area contributed by atoms with Gasteiger partial charge in [-0.25, -0.2) is 23.1 Å². The first-order valence-electron chi connectivity index (χ1n) is 9.82. The number of hydrogen-bond donors (Lipinski definition) is 3. The fraction of sp³-hybridized carbons (Fsp3) is 0.174. The summed E-state index contributed by atoms with van der Waals surface area (Å²) in [6, 6.07) is 11.8. The summed E-state index contributed by atoms with van der Waals surface area (Å²) >= 11 is 0. The summed E-state index contributed by atoms with van der Waals surface area (Å²) in [5.41, 5.74) is 9.07. The molecule has 3 heterocycles. The van der Waals surface area contributed by atoms with Gasteiger partial charge < -0.3 is 10.6 Å². The van der Waals surface area contributed by atoms with Crippen LogP contribution in [0, 0.1) is 6.92 Å². The van der Waals surface area contributed by atoms with Gasteiger partial charge in [0.25, 0.3) is 6.43 Å². The van der Waals surface area contributed by atoms with Gasteiger partial charge in [0.05, 0.1) is 5.52 Å². The summed E-state index contributed by atoms with van der Waals surface area (Å²) < 4.78 is 40.0. The molecule has 0 spiro atoms. The third-order valence-electron chi connectivity index (χ3n) is 5.16. The summed E-state index contributed by atoms with van der Waals surface area (Å²) in [5.74, 6) is -2.32. The van der Waals surface area contributed by atoms with E-state index in [1.54, 1.807) is 19.4 Å². The number of fused-ring (bicyclic) bond motifs is 1. The number of rotatable bonds is 6. The van der Waals surface area contributed by atoms with Gasteiger partial charge in [-0.1, -0.05) is 6.07 Å². The lowest BCUT2D eigenvalue weighted by atomic mass is 10.00. The maximum absolute atomic E-state index is 14.1. The molecule has 0 saturated heterocycles. The average molecular weight is 438 g/mol. The van der Waals surface area contributed by atoms with Crippen LogP contribution in [0.3, 0.4) is 0 Å². The molecular weight excluding hydrogens is 417 g/mol. The first kappa shape index (κ1) is 21.5. The Kier molecular flexibility index (Phi) is 5.67. The van der Waals surface area contributed by atoms with Crippen LogP contribution in [-0.4, -0.2) is 28.4 Å². The fourth-order valence-electron chi connectivity index (χ4n) is 3.33. The Labute approximate surface area is 182 Å². The van der Waals surface area contributed by atoms with Crippen LogP contribution >= 0.6 is 0 Å². The quantitative estimate of drug-likeness (QED) is 0.362. The molecule has 1 unspecified atom stereocenters. The molecule has 32 heavy (non-hydrogen) atoms. The number of nitrogens with one attached hydrogen (secondary N) is 2. The lowest BCUT2D eigenvalue weighted by molar-refractivity contribution is -0.0348. The molecule has 1 aromatic carbocycles. The summed E-state index contributed by atoms with van der Waals surface area (Å²) in [6.07, 6.45) is 1.41. The highest BCUT2D eigenvalue weighted by Crippen LogP contribution is 2.31. The fourth-order valence-corrected chi connectivity index (χ4v) is 3.33. The first-order valence-corrected chi connectivity index (χ1v) is 9.82. The maximum Gasteiger partial charge on any atom is 0.289 e. The SMILES string of the molecule is CNc1cc2ncc(-c3cc(Nc4cc(C(N)(F)C(F)F)ccn4)ccc3C)cc2cn1.